The van der Waals surface area contributed by atoms with E-state index in [0.29, 0.717) is 23.7 Å². The fourth-order valence-corrected chi connectivity index (χ4v) is 4.04. The van der Waals surface area contributed by atoms with E-state index in [9.17, 15) is 13.2 Å². The van der Waals surface area contributed by atoms with E-state index in [2.05, 4.69) is 28.8 Å². The Morgan fingerprint density at radius 2 is 1.83 bits per heavy atom. The molecular formula is C23H30N2O4S. The second kappa shape index (κ2) is 9.51. The van der Waals surface area contributed by atoms with E-state index >= 15 is 0 Å². The largest absolute Gasteiger partial charge is 0.487 e. The molecule has 0 spiro atoms. The Bertz CT molecular complexity index is 1010. The smallest absolute Gasteiger partial charge is 0.227 e. The molecule has 0 aliphatic heterocycles. The Balaban J connectivity index is 1.79. The molecule has 1 amide bonds. The normalized spacial score (nSPS) is 14.5. The molecule has 1 aliphatic carbocycles. The highest BCUT2D eigenvalue weighted by atomic mass is 32.2. The summed E-state index contributed by atoms with van der Waals surface area (Å²) in [5.74, 6) is 0.404. The number of anilines is 2. The summed E-state index contributed by atoms with van der Waals surface area (Å²) in [6, 6.07) is 11.4. The number of hydrogen-bond acceptors (Lipinski definition) is 5. The molecule has 162 valence electrons. The lowest BCUT2D eigenvalue weighted by atomic mass is 10.1. The van der Waals surface area contributed by atoms with Gasteiger partial charge in [0.05, 0.1) is 5.69 Å². The van der Waals surface area contributed by atoms with Gasteiger partial charge < -0.3 is 15.4 Å². The van der Waals surface area contributed by atoms with Gasteiger partial charge in [-0.2, -0.15) is 0 Å². The molecular weight excluding hydrogens is 400 g/mol. The highest BCUT2D eigenvalue weighted by molar-refractivity contribution is 7.90. The number of carbonyl (C=O) groups excluding carboxylic acids is 1. The third kappa shape index (κ3) is 6.23. The summed E-state index contributed by atoms with van der Waals surface area (Å²) >= 11 is 0. The second-order valence-electron chi connectivity index (χ2n) is 8.15. The van der Waals surface area contributed by atoms with Gasteiger partial charge in [0.15, 0.2) is 9.84 Å². The van der Waals surface area contributed by atoms with Gasteiger partial charge in [-0.25, -0.2) is 8.42 Å². The number of sulfone groups is 1. The van der Waals surface area contributed by atoms with Crippen molar-refractivity contribution in [1.29, 1.82) is 0 Å². The van der Waals surface area contributed by atoms with E-state index in [1.54, 1.807) is 18.2 Å². The fourth-order valence-electron chi connectivity index (χ4n) is 3.62. The SMILES string of the molecule is Cc1ccc(C)c(COc2cc(NC(=O)C3CCCC3)ccc2NCS(C)(=O)=O)c1. The van der Waals surface area contributed by atoms with Gasteiger partial charge in [-0.3, -0.25) is 4.79 Å². The lowest BCUT2D eigenvalue weighted by Gasteiger charge is -2.17. The first-order valence-electron chi connectivity index (χ1n) is 10.3. The van der Waals surface area contributed by atoms with Crippen LogP contribution in [0.2, 0.25) is 0 Å². The number of ether oxygens (including phenoxy) is 1. The first kappa shape index (κ1) is 22.2. The third-order valence-corrected chi connectivity index (χ3v) is 6.06. The van der Waals surface area contributed by atoms with E-state index in [4.69, 9.17) is 4.74 Å². The Hall–Kier alpha value is -2.54. The van der Waals surface area contributed by atoms with Gasteiger partial charge in [-0.1, -0.05) is 36.6 Å². The minimum Gasteiger partial charge on any atom is -0.487 e. The molecule has 3 rings (SSSR count). The summed E-state index contributed by atoms with van der Waals surface area (Å²) in [4.78, 5) is 12.5. The molecule has 0 unspecified atom stereocenters. The summed E-state index contributed by atoms with van der Waals surface area (Å²) in [6.07, 6.45) is 5.21. The zero-order valence-corrected chi connectivity index (χ0v) is 18.6. The van der Waals surface area contributed by atoms with Crippen LogP contribution >= 0.6 is 0 Å². The van der Waals surface area contributed by atoms with E-state index in [1.165, 1.54) is 6.26 Å². The average molecular weight is 431 g/mol. The molecule has 1 aliphatic rings. The molecule has 0 bridgehead atoms. The van der Waals surface area contributed by atoms with Crippen LogP contribution in [0, 0.1) is 19.8 Å². The minimum absolute atomic E-state index is 0.0322. The molecule has 30 heavy (non-hydrogen) atoms. The van der Waals surface area contributed by atoms with Crippen molar-refractivity contribution < 1.29 is 17.9 Å². The molecule has 0 heterocycles. The van der Waals surface area contributed by atoms with Crippen molar-refractivity contribution in [2.75, 3.05) is 22.8 Å². The van der Waals surface area contributed by atoms with E-state index in [-0.39, 0.29) is 17.7 Å². The fraction of sp³-hybridized carbons (Fsp3) is 0.435. The molecule has 6 nitrogen and oxygen atoms in total. The van der Waals surface area contributed by atoms with E-state index in [0.717, 1.165) is 42.4 Å². The maximum Gasteiger partial charge on any atom is 0.227 e. The summed E-state index contributed by atoms with van der Waals surface area (Å²) < 4.78 is 29.2. The van der Waals surface area contributed by atoms with Crippen molar-refractivity contribution in [3.63, 3.8) is 0 Å². The van der Waals surface area contributed by atoms with Crippen LogP contribution in [0.25, 0.3) is 0 Å². The number of rotatable bonds is 8. The molecule has 0 aromatic heterocycles. The van der Waals surface area contributed by atoms with Gasteiger partial charge in [0, 0.05) is 23.9 Å². The zero-order chi connectivity index (χ0) is 21.7. The molecule has 0 atom stereocenters. The lowest BCUT2D eigenvalue weighted by molar-refractivity contribution is -0.119. The highest BCUT2D eigenvalue weighted by Crippen LogP contribution is 2.31. The Labute approximate surface area is 178 Å². The van der Waals surface area contributed by atoms with Crippen molar-refractivity contribution in [1.82, 2.24) is 0 Å². The monoisotopic (exact) mass is 430 g/mol. The average Bonchev–Trinajstić information content (AvgIpc) is 3.22. The first-order valence-corrected chi connectivity index (χ1v) is 12.3. The molecule has 2 aromatic rings. The third-order valence-electron chi connectivity index (χ3n) is 5.39. The van der Waals surface area contributed by atoms with Crippen molar-refractivity contribution >= 4 is 27.1 Å². The Kier molecular flexibility index (Phi) is 7.02. The summed E-state index contributed by atoms with van der Waals surface area (Å²) in [5, 5.41) is 5.90. The molecule has 2 N–H and O–H groups in total. The van der Waals surface area contributed by atoms with Crippen molar-refractivity contribution in [3.8, 4) is 5.75 Å². The highest BCUT2D eigenvalue weighted by Gasteiger charge is 2.23. The number of benzene rings is 2. The molecule has 7 heteroatoms. The second-order valence-corrected chi connectivity index (χ2v) is 10.3. The van der Waals surface area contributed by atoms with Crippen LogP contribution in [0.15, 0.2) is 36.4 Å². The van der Waals surface area contributed by atoms with Gasteiger partial charge in [0.2, 0.25) is 5.91 Å². The summed E-state index contributed by atoms with van der Waals surface area (Å²) in [5.41, 5.74) is 4.55. The molecule has 0 radical (unpaired) electrons. The minimum atomic E-state index is -3.20. The maximum atomic E-state index is 12.5. The van der Waals surface area contributed by atoms with Gasteiger partial charge in [-0.05, 0) is 49.9 Å². The van der Waals surface area contributed by atoms with Gasteiger partial charge in [-0.15, -0.1) is 0 Å². The lowest BCUT2D eigenvalue weighted by Crippen LogP contribution is -2.20. The Morgan fingerprint density at radius 3 is 2.53 bits per heavy atom. The van der Waals surface area contributed by atoms with Crippen LogP contribution in [-0.4, -0.2) is 26.5 Å². The van der Waals surface area contributed by atoms with Gasteiger partial charge in [0.1, 0.15) is 18.2 Å². The quantitative estimate of drug-likeness (QED) is 0.647. The Morgan fingerprint density at radius 1 is 1.10 bits per heavy atom. The van der Waals surface area contributed by atoms with Crippen molar-refractivity contribution in [2.24, 2.45) is 5.92 Å². The zero-order valence-electron chi connectivity index (χ0n) is 17.8. The van der Waals surface area contributed by atoms with Crippen LogP contribution < -0.4 is 15.4 Å². The molecule has 1 fully saturated rings. The van der Waals surface area contributed by atoms with Crippen LogP contribution in [0.5, 0.6) is 5.75 Å². The summed E-state index contributed by atoms with van der Waals surface area (Å²) in [6.45, 7) is 4.40. The molecule has 1 saturated carbocycles. The number of aryl methyl sites for hydroxylation is 2. The number of hydrogen-bond donors (Lipinski definition) is 2. The molecule has 2 aromatic carbocycles. The van der Waals surface area contributed by atoms with Crippen LogP contribution in [0.3, 0.4) is 0 Å². The maximum absolute atomic E-state index is 12.5. The van der Waals surface area contributed by atoms with E-state index < -0.39 is 9.84 Å². The van der Waals surface area contributed by atoms with E-state index in [1.807, 2.05) is 13.8 Å². The predicted octanol–water partition coefficient (Wildman–Crippen LogP) is 4.43. The van der Waals surface area contributed by atoms with Crippen LogP contribution in [0.1, 0.15) is 42.4 Å². The van der Waals surface area contributed by atoms with Crippen molar-refractivity contribution in [3.05, 3.63) is 53.1 Å². The molecule has 0 saturated heterocycles. The van der Waals surface area contributed by atoms with Gasteiger partial charge >= 0.3 is 0 Å². The number of nitrogens with one attached hydrogen (secondary N) is 2. The van der Waals surface area contributed by atoms with Gasteiger partial charge in [0.25, 0.3) is 0 Å². The van der Waals surface area contributed by atoms with Crippen LogP contribution in [0.4, 0.5) is 11.4 Å². The number of carbonyl (C=O) groups is 1. The predicted molar refractivity (Wildman–Crippen MR) is 121 cm³/mol. The topological polar surface area (TPSA) is 84.5 Å². The van der Waals surface area contributed by atoms with Crippen molar-refractivity contribution in [2.45, 2.75) is 46.1 Å². The summed E-state index contributed by atoms with van der Waals surface area (Å²) in [7, 11) is -3.20. The van der Waals surface area contributed by atoms with Crippen LogP contribution in [-0.2, 0) is 21.2 Å². The number of amides is 1. The standard InChI is InChI=1S/C23H30N2O4S/c1-16-8-9-17(2)19(12-16)14-29-22-13-20(25-23(26)18-6-4-5-7-18)10-11-21(22)24-15-30(3,27)28/h8-13,18,24H,4-7,14-15H2,1-3H3,(H,25,26). The first-order chi connectivity index (χ1) is 14.2.